The van der Waals surface area contributed by atoms with Gasteiger partial charge in [0, 0.05) is 24.7 Å². The lowest BCUT2D eigenvalue weighted by atomic mass is 10.2. The summed E-state index contributed by atoms with van der Waals surface area (Å²) in [6, 6.07) is 11.5. The first-order valence-electron chi connectivity index (χ1n) is 7.57. The van der Waals surface area contributed by atoms with Crippen LogP contribution in [-0.2, 0) is 0 Å². The maximum absolute atomic E-state index is 12.3. The SMILES string of the molecule is CCN(CC)c1cc(NC(=O)c2ccccc2)c(Cl)cc1[N+](=O)[O-]. The zero-order valence-corrected chi connectivity index (χ0v) is 14.2. The van der Waals surface area contributed by atoms with Crippen molar-refractivity contribution >= 4 is 34.6 Å². The van der Waals surface area contributed by atoms with Gasteiger partial charge in [-0.2, -0.15) is 0 Å². The first-order valence-corrected chi connectivity index (χ1v) is 7.95. The maximum Gasteiger partial charge on any atom is 0.294 e. The number of anilines is 2. The second kappa shape index (κ2) is 7.79. The third kappa shape index (κ3) is 3.83. The maximum atomic E-state index is 12.3. The molecule has 7 heteroatoms. The van der Waals surface area contributed by atoms with Crippen LogP contribution in [0.25, 0.3) is 0 Å². The van der Waals surface area contributed by atoms with E-state index in [4.69, 9.17) is 11.6 Å². The van der Waals surface area contributed by atoms with Gasteiger partial charge in [0.2, 0.25) is 0 Å². The van der Waals surface area contributed by atoms with Crippen LogP contribution >= 0.6 is 11.6 Å². The first kappa shape index (κ1) is 17.7. The fraction of sp³-hybridized carbons (Fsp3) is 0.235. The molecule has 24 heavy (non-hydrogen) atoms. The Kier molecular flexibility index (Phi) is 5.76. The molecule has 0 aliphatic rings. The van der Waals surface area contributed by atoms with Crippen molar-refractivity contribution in [1.82, 2.24) is 0 Å². The van der Waals surface area contributed by atoms with Crippen molar-refractivity contribution in [3.8, 4) is 0 Å². The number of benzene rings is 2. The number of nitro benzene ring substituents is 1. The Bertz CT molecular complexity index is 746. The van der Waals surface area contributed by atoms with E-state index < -0.39 is 4.92 Å². The van der Waals surface area contributed by atoms with E-state index in [0.717, 1.165) is 0 Å². The minimum Gasteiger partial charge on any atom is -0.366 e. The second-order valence-corrected chi connectivity index (χ2v) is 5.48. The summed E-state index contributed by atoms with van der Waals surface area (Å²) >= 11 is 6.13. The van der Waals surface area contributed by atoms with Gasteiger partial charge < -0.3 is 10.2 Å². The van der Waals surface area contributed by atoms with Crippen LogP contribution in [0.1, 0.15) is 24.2 Å². The number of carbonyl (C=O) groups excluding carboxylic acids is 1. The number of nitro groups is 1. The van der Waals surface area contributed by atoms with Crippen LogP contribution < -0.4 is 10.2 Å². The molecule has 0 radical (unpaired) electrons. The highest BCUT2D eigenvalue weighted by molar-refractivity contribution is 6.34. The first-order chi connectivity index (χ1) is 11.5. The summed E-state index contributed by atoms with van der Waals surface area (Å²) in [5.41, 5.74) is 1.17. The van der Waals surface area contributed by atoms with Crippen molar-refractivity contribution in [3.63, 3.8) is 0 Å². The van der Waals surface area contributed by atoms with E-state index in [1.165, 1.54) is 6.07 Å². The van der Waals surface area contributed by atoms with Gasteiger partial charge in [0.05, 0.1) is 15.6 Å². The van der Waals surface area contributed by atoms with Gasteiger partial charge in [0.15, 0.2) is 0 Å². The molecule has 1 amide bonds. The molecular formula is C17H18ClN3O3. The molecule has 2 aromatic rings. The fourth-order valence-electron chi connectivity index (χ4n) is 2.39. The molecule has 0 saturated carbocycles. The summed E-state index contributed by atoms with van der Waals surface area (Å²) < 4.78 is 0. The van der Waals surface area contributed by atoms with Gasteiger partial charge in [-0.3, -0.25) is 14.9 Å². The third-order valence-electron chi connectivity index (χ3n) is 3.65. The van der Waals surface area contributed by atoms with Crippen molar-refractivity contribution in [2.24, 2.45) is 0 Å². The monoisotopic (exact) mass is 347 g/mol. The number of rotatable bonds is 6. The number of hydrogen-bond donors (Lipinski definition) is 1. The van der Waals surface area contributed by atoms with Gasteiger partial charge >= 0.3 is 0 Å². The standard InChI is InChI=1S/C17H18ClN3O3/c1-3-20(4-2)15-11-14(13(18)10-16(15)21(23)24)19-17(22)12-8-6-5-7-9-12/h5-11H,3-4H2,1-2H3,(H,19,22). The molecule has 0 saturated heterocycles. The van der Waals surface area contributed by atoms with E-state index in [9.17, 15) is 14.9 Å². The Morgan fingerprint density at radius 3 is 2.38 bits per heavy atom. The smallest absolute Gasteiger partial charge is 0.294 e. The summed E-state index contributed by atoms with van der Waals surface area (Å²) in [5, 5.41) is 14.1. The predicted molar refractivity (Wildman–Crippen MR) is 96.1 cm³/mol. The van der Waals surface area contributed by atoms with Crippen LogP contribution in [0.15, 0.2) is 42.5 Å². The zero-order valence-electron chi connectivity index (χ0n) is 13.5. The lowest BCUT2D eigenvalue weighted by Gasteiger charge is -2.22. The second-order valence-electron chi connectivity index (χ2n) is 5.07. The predicted octanol–water partition coefficient (Wildman–Crippen LogP) is 4.35. The van der Waals surface area contributed by atoms with Crippen LogP contribution in [-0.4, -0.2) is 23.9 Å². The van der Waals surface area contributed by atoms with Gasteiger partial charge in [0.25, 0.3) is 11.6 Å². The largest absolute Gasteiger partial charge is 0.366 e. The highest BCUT2D eigenvalue weighted by Crippen LogP contribution is 2.36. The summed E-state index contributed by atoms with van der Waals surface area (Å²) in [6.07, 6.45) is 0. The Balaban J connectivity index is 2.42. The van der Waals surface area contributed by atoms with Gasteiger partial charge in [-0.05, 0) is 32.0 Å². The Hall–Kier alpha value is -2.60. The molecule has 6 nitrogen and oxygen atoms in total. The molecule has 126 valence electrons. The van der Waals surface area contributed by atoms with Crippen LogP contribution in [0.3, 0.4) is 0 Å². The fourth-order valence-corrected chi connectivity index (χ4v) is 2.60. The molecule has 0 atom stereocenters. The third-order valence-corrected chi connectivity index (χ3v) is 3.96. The molecule has 1 N–H and O–H groups in total. The van der Waals surface area contributed by atoms with E-state index in [1.54, 1.807) is 30.3 Å². The van der Waals surface area contributed by atoms with E-state index >= 15 is 0 Å². The topological polar surface area (TPSA) is 75.5 Å². The number of amides is 1. The van der Waals surface area contributed by atoms with E-state index in [1.807, 2.05) is 24.8 Å². The van der Waals surface area contributed by atoms with Crippen LogP contribution in [0.2, 0.25) is 5.02 Å². The van der Waals surface area contributed by atoms with E-state index in [0.29, 0.717) is 30.0 Å². The molecule has 0 unspecified atom stereocenters. The van der Waals surface area contributed by atoms with Crippen molar-refractivity contribution in [2.45, 2.75) is 13.8 Å². The molecule has 0 aromatic heterocycles. The van der Waals surface area contributed by atoms with Crippen LogP contribution in [0, 0.1) is 10.1 Å². The van der Waals surface area contributed by atoms with Crippen molar-refractivity contribution in [3.05, 3.63) is 63.2 Å². The number of nitrogens with zero attached hydrogens (tertiary/aromatic N) is 2. The lowest BCUT2D eigenvalue weighted by Crippen LogP contribution is -2.23. The normalized spacial score (nSPS) is 10.3. The van der Waals surface area contributed by atoms with Crippen molar-refractivity contribution in [2.75, 3.05) is 23.3 Å². The molecule has 0 aliphatic carbocycles. The summed E-state index contributed by atoms with van der Waals surface area (Å²) in [5.74, 6) is -0.322. The Morgan fingerprint density at radius 2 is 1.83 bits per heavy atom. The van der Waals surface area contributed by atoms with Crippen molar-refractivity contribution in [1.29, 1.82) is 0 Å². The summed E-state index contributed by atoms with van der Waals surface area (Å²) in [7, 11) is 0. The lowest BCUT2D eigenvalue weighted by molar-refractivity contribution is -0.384. The van der Waals surface area contributed by atoms with Crippen LogP contribution in [0.4, 0.5) is 17.1 Å². The molecule has 0 fully saturated rings. The quantitative estimate of drug-likeness (QED) is 0.622. The zero-order chi connectivity index (χ0) is 17.7. The average molecular weight is 348 g/mol. The van der Waals surface area contributed by atoms with Gasteiger partial charge in [0.1, 0.15) is 5.69 Å². The molecule has 0 heterocycles. The summed E-state index contributed by atoms with van der Waals surface area (Å²) in [4.78, 5) is 25.0. The number of halogens is 1. The summed E-state index contributed by atoms with van der Waals surface area (Å²) in [6.45, 7) is 5.02. The highest BCUT2D eigenvalue weighted by Gasteiger charge is 2.22. The van der Waals surface area contributed by atoms with Gasteiger partial charge in [-0.1, -0.05) is 29.8 Å². The van der Waals surface area contributed by atoms with Gasteiger partial charge in [-0.25, -0.2) is 0 Å². The molecule has 0 bridgehead atoms. The number of carbonyl (C=O) groups is 1. The number of hydrogen-bond acceptors (Lipinski definition) is 4. The Labute approximate surface area is 145 Å². The molecule has 2 rings (SSSR count). The minimum absolute atomic E-state index is 0.0820. The highest BCUT2D eigenvalue weighted by atomic mass is 35.5. The van der Waals surface area contributed by atoms with E-state index in [-0.39, 0.29) is 16.6 Å². The van der Waals surface area contributed by atoms with Gasteiger partial charge in [-0.15, -0.1) is 0 Å². The minimum atomic E-state index is -0.470. The van der Waals surface area contributed by atoms with Crippen molar-refractivity contribution < 1.29 is 9.72 Å². The molecule has 2 aromatic carbocycles. The van der Waals surface area contributed by atoms with E-state index in [2.05, 4.69) is 5.32 Å². The molecule has 0 aliphatic heterocycles. The number of nitrogens with one attached hydrogen (secondary N) is 1. The average Bonchev–Trinajstić information content (AvgIpc) is 2.58. The molecular weight excluding hydrogens is 330 g/mol. The molecule has 0 spiro atoms. The Morgan fingerprint density at radius 1 is 1.21 bits per heavy atom. The van der Waals surface area contributed by atoms with Crippen LogP contribution in [0.5, 0.6) is 0 Å².